The number of Topliss-reactive ketones (excluding diaryl/α,β-unsaturated/α-hetero) is 1. The highest BCUT2D eigenvalue weighted by Crippen LogP contribution is 2.18. The first-order valence-corrected chi connectivity index (χ1v) is 8.11. The van der Waals surface area contributed by atoms with Gasteiger partial charge in [-0.3, -0.25) is 14.4 Å². The predicted molar refractivity (Wildman–Crippen MR) is 98.9 cm³/mol. The van der Waals surface area contributed by atoms with Crippen LogP contribution >= 0.6 is 0 Å². The number of ketones is 1. The zero-order valence-corrected chi connectivity index (χ0v) is 14.7. The second kappa shape index (κ2) is 8.24. The molecule has 0 heterocycles. The Morgan fingerprint density at radius 1 is 0.840 bits per heavy atom. The van der Waals surface area contributed by atoms with E-state index in [-0.39, 0.29) is 30.6 Å². The second-order valence-electron chi connectivity index (χ2n) is 5.81. The summed E-state index contributed by atoms with van der Waals surface area (Å²) in [7, 11) is 1.72. The molecule has 0 aliphatic heterocycles. The van der Waals surface area contributed by atoms with E-state index in [2.05, 4.69) is 0 Å². The fraction of sp³-hybridized carbons (Fsp3) is 0.250. The minimum Gasteiger partial charge on any atom is -0.315 e. The van der Waals surface area contributed by atoms with Gasteiger partial charge in [-0.05, 0) is 43.3 Å². The van der Waals surface area contributed by atoms with Gasteiger partial charge >= 0.3 is 0 Å². The van der Waals surface area contributed by atoms with Gasteiger partial charge in [0.1, 0.15) is 0 Å². The third-order valence-electron chi connectivity index (χ3n) is 4.03. The Balaban J connectivity index is 2.05. The molecule has 0 spiro atoms. The normalized spacial score (nSPS) is 10.2. The van der Waals surface area contributed by atoms with Crippen LogP contribution in [0.1, 0.15) is 30.6 Å². The van der Waals surface area contributed by atoms with E-state index >= 15 is 0 Å². The molecule has 5 heteroatoms. The van der Waals surface area contributed by atoms with E-state index in [1.165, 1.54) is 13.8 Å². The van der Waals surface area contributed by atoms with Crippen molar-refractivity contribution in [3.63, 3.8) is 0 Å². The molecule has 2 rings (SSSR count). The van der Waals surface area contributed by atoms with E-state index < -0.39 is 0 Å². The number of hydrogen-bond acceptors (Lipinski definition) is 3. The van der Waals surface area contributed by atoms with Crippen LogP contribution in [0.15, 0.2) is 54.6 Å². The molecule has 2 aromatic rings. The maximum absolute atomic E-state index is 12.4. The maximum atomic E-state index is 12.4. The molecule has 0 radical (unpaired) electrons. The van der Waals surface area contributed by atoms with E-state index in [1.807, 2.05) is 30.3 Å². The number of carbonyl (C=O) groups excluding carboxylic acids is 3. The molecule has 2 amide bonds. The summed E-state index contributed by atoms with van der Waals surface area (Å²) in [6.45, 7) is 3.24. The van der Waals surface area contributed by atoms with Crippen LogP contribution in [0.3, 0.4) is 0 Å². The highest BCUT2D eigenvalue weighted by molar-refractivity contribution is 5.97. The maximum Gasteiger partial charge on any atom is 0.228 e. The summed E-state index contributed by atoms with van der Waals surface area (Å²) in [5, 5.41) is 0. The first-order valence-electron chi connectivity index (χ1n) is 8.11. The van der Waals surface area contributed by atoms with Crippen molar-refractivity contribution < 1.29 is 14.4 Å². The summed E-state index contributed by atoms with van der Waals surface area (Å²) in [5.74, 6) is -0.246. The Bertz CT molecular complexity index is 754. The van der Waals surface area contributed by atoms with Gasteiger partial charge in [0.2, 0.25) is 11.8 Å². The van der Waals surface area contributed by atoms with Crippen molar-refractivity contribution in [3.8, 4) is 0 Å². The summed E-state index contributed by atoms with van der Waals surface area (Å²) in [6, 6.07) is 16.2. The van der Waals surface area contributed by atoms with Gasteiger partial charge in [-0.25, -0.2) is 0 Å². The largest absolute Gasteiger partial charge is 0.315 e. The molecule has 0 saturated heterocycles. The lowest BCUT2D eigenvalue weighted by Gasteiger charge is -2.23. The van der Waals surface area contributed by atoms with Gasteiger partial charge in [-0.1, -0.05) is 18.2 Å². The smallest absolute Gasteiger partial charge is 0.228 e. The van der Waals surface area contributed by atoms with Gasteiger partial charge in [-0.2, -0.15) is 0 Å². The predicted octanol–water partition coefficient (Wildman–Crippen LogP) is 3.30. The Hall–Kier alpha value is -2.95. The van der Waals surface area contributed by atoms with E-state index in [9.17, 15) is 14.4 Å². The SMILES string of the molecule is CC(=O)c1ccc(N(CCC(=O)N(C)c2ccccc2)C(C)=O)cc1. The van der Waals surface area contributed by atoms with Gasteiger partial charge in [0.15, 0.2) is 5.78 Å². The summed E-state index contributed by atoms with van der Waals surface area (Å²) >= 11 is 0. The molecule has 25 heavy (non-hydrogen) atoms. The number of hydrogen-bond donors (Lipinski definition) is 0. The van der Waals surface area contributed by atoms with E-state index in [4.69, 9.17) is 0 Å². The van der Waals surface area contributed by atoms with Gasteiger partial charge in [-0.15, -0.1) is 0 Å². The van der Waals surface area contributed by atoms with Gasteiger partial charge in [0, 0.05) is 43.9 Å². The molecule has 0 aromatic heterocycles. The lowest BCUT2D eigenvalue weighted by Crippen LogP contribution is -2.34. The van der Waals surface area contributed by atoms with Crippen LogP contribution in [0.4, 0.5) is 11.4 Å². The van der Waals surface area contributed by atoms with Crippen molar-refractivity contribution in [1.29, 1.82) is 0 Å². The fourth-order valence-electron chi connectivity index (χ4n) is 2.52. The van der Waals surface area contributed by atoms with Crippen molar-refractivity contribution in [2.75, 3.05) is 23.4 Å². The average molecular weight is 338 g/mol. The minimum atomic E-state index is -0.147. The quantitative estimate of drug-likeness (QED) is 0.760. The summed E-state index contributed by atoms with van der Waals surface area (Å²) in [5.41, 5.74) is 2.08. The van der Waals surface area contributed by atoms with Crippen LogP contribution in [-0.2, 0) is 9.59 Å². The van der Waals surface area contributed by atoms with Crippen LogP contribution in [0.25, 0.3) is 0 Å². The van der Waals surface area contributed by atoms with Crippen LogP contribution in [-0.4, -0.2) is 31.2 Å². The third-order valence-corrected chi connectivity index (χ3v) is 4.03. The zero-order chi connectivity index (χ0) is 18.4. The van der Waals surface area contributed by atoms with Crippen LogP contribution in [0.2, 0.25) is 0 Å². The second-order valence-corrected chi connectivity index (χ2v) is 5.81. The lowest BCUT2D eigenvalue weighted by molar-refractivity contribution is -0.118. The van der Waals surface area contributed by atoms with E-state index in [1.54, 1.807) is 41.1 Å². The molecule has 0 aliphatic rings. The number of para-hydroxylation sites is 1. The molecule has 0 fully saturated rings. The highest BCUT2D eigenvalue weighted by atomic mass is 16.2. The zero-order valence-electron chi connectivity index (χ0n) is 14.7. The molecule has 0 saturated carbocycles. The Kier molecular flexibility index (Phi) is 6.06. The van der Waals surface area contributed by atoms with Crippen molar-refractivity contribution in [1.82, 2.24) is 0 Å². The van der Waals surface area contributed by atoms with Gasteiger partial charge < -0.3 is 9.80 Å². The third kappa shape index (κ3) is 4.76. The monoisotopic (exact) mass is 338 g/mol. The van der Waals surface area contributed by atoms with Crippen LogP contribution in [0.5, 0.6) is 0 Å². The molecule has 0 bridgehead atoms. The first-order chi connectivity index (χ1) is 11.9. The number of benzene rings is 2. The standard InChI is InChI=1S/C20H22N2O3/c1-15(23)17-9-11-19(12-10-17)22(16(2)24)14-13-20(25)21(3)18-7-5-4-6-8-18/h4-12H,13-14H2,1-3H3. The van der Waals surface area contributed by atoms with Gasteiger partial charge in [0.05, 0.1) is 0 Å². The van der Waals surface area contributed by atoms with Crippen molar-refractivity contribution in [3.05, 3.63) is 60.2 Å². The number of rotatable bonds is 6. The topological polar surface area (TPSA) is 57.7 Å². The molecular weight excluding hydrogens is 316 g/mol. The summed E-state index contributed by atoms with van der Waals surface area (Å²) in [6.07, 6.45) is 0.208. The molecule has 0 unspecified atom stereocenters. The number of carbonyl (C=O) groups is 3. The number of nitrogens with zero attached hydrogens (tertiary/aromatic N) is 2. The number of anilines is 2. The highest BCUT2D eigenvalue weighted by Gasteiger charge is 2.16. The van der Waals surface area contributed by atoms with Crippen molar-refractivity contribution in [2.24, 2.45) is 0 Å². The molecular formula is C20H22N2O3. The Morgan fingerprint density at radius 3 is 1.96 bits per heavy atom. The summed E-state index contributed by atoms with van der Waals surface area (Å²) in [4.78, 5) is 38.8. The van der Waals surface area contributed by atoms with Crippen molar-refractivity contribution >= 4 is 29.0 Å². The average Bonchev–Trinajstić information content (AvgIpc) is 2.62. The van der Waals surface area contributed by atoms with E-state index in [0.717, 1.165) is 5.69 Å². The Labute approximate surface area is 147 Å². The minimum absolute atomic E-state index is 0.0272. The summed E-state index contributed by atoms with van der Waals surface area (Å²) < 4.78 is 0. The van der Waals surface area contributed by atoms with Crippen molar-refractivity contribution in [2.45, 2.75) is 20.3 Å². The molecule has 0 N–H and O–H groups in total. The Morgan fingerprint density at radius 2 is 1.44 bits per heavy atom. The molecule has 130 valence electrons. The molecule has 2 aromatic carbocycles. The van der Waals surface area contributed by atoms with E-state index in [0.29, 0.717) is 11.3 Å². The fourth-order valence-corrected chi connectivity index (χ4v) is 2.52. The lowest BCUT2D eigenvalue weighted by atomic mass is 10.1. The van der Waals surface area contributed by atoms with Crippen LogP contribution < -0.4 is 9.80 Å². The van der Waals surface area contributed by atoms with Gasteiger partial charge in [0.25, 0.3) is 0 Å². The molecule has 0 atom stereocenters. The van der Waals surface area contributed by atoms with Crippen LogP contribution in [0, 0.1) is 0 Å². The molecule has 0 aliphatic carbocycles. The number of amides is 2. The molecule has 5 nitrogen and oxygen atoms in total. The first kappa shape index (κ1) is 18.4.